The smallest absolute Gasteiger partial charge is 0.166 e. The van der Waals surface area contributed by atoms with Crippen LogP contribution in [0.3, 0.4) is 0 Å². The predicted octanol–water partition coefficient (Wildman–Crippen LogP) is 0.971. The van der Waals surface area contributed by atoms with Crippen LogP contribution in [0.25, 0.3) is 0 Å². The number of nitrogens with one attached hydrogen (secondary N) is 2. The lowest BCUT2D eigenvalue weighted by Crippen LogP contribution is -2.52. The van der Waals surface area contributed by atoms with Crippen molar-refractivity contribution in [2.24, 2.45) is 0 Å². The maximum absolute atomic E-state index is 5.24. The molecule has 1 rings (SSSR count). The van der Waals surface area contributed by atoms with E-state index in [1.165, 1.54) is 25.7 Å². The van der Waals surface area contributed by atoms with E-state index < -0.39 is 0 Å². The molecular weight excluding hydrogens is 234 g/mol. The first-order chi connectivity index (χ1) is 8.10. The Labute approximate surface area is 110 Å². The summed E-state index contributed by atoms with van der Waals surface area (Å²) in [5.41, 5.74) is 0.285. The molecule has 2 N–H and O–H groups in total. The van der Waals surface area contributed by atoms with E-state index >= 15 is 0 Å². The van der Waals surface area contributed by atoms with Crippen LogP contribution in [-0.4, -0.2) is 56.5 Å². The van der Waals surface area contributed by atoms with Gasteiger partial charge in [-0.05, 0) is 39.2 Å². The van der Waals surface area contributed by atoms with Gasteiger partial charge in [0.25, 0.3) is 0 Å². The van der Waals surface area contributed by atoms with Crippen molar-refractivity contribution in [2.75, 3.05) is 40.9 Å². The van der Waals surface area contributed by atoms with Crippen molar-refractivity contribution in [3.63, 3.8) is 0 Å². The molecule has 0 radical (unpaired) electrons. The van der Waals surface area contributed by atoms with E-state index in [1.54, 1.807) is 7.11 Å². The van der Waals surface area contributed by atoms with Crippen LogP contribution in [0, 0.1) is 0 Å². The first-order valence-electron chi connectivity index (χ1n) is 6.29. The summed E-state index contributed by atoms with van der Waals surface area (Å²) in [4.78, 5) is 2.34. The predicted molar refractivity (Wildman–Crippen MR) is 75.4 cm³/mol. The lowest BCUT2D eigenvalue weighted by molar-refractivity contribution is 0.160. The Bertz CT molecular complexity index is 240. The van der Waals surface area contributed by atoms with E-state index in [-0.39, 0.29) is 5.54 Å². The van der Waals surface area contributed by atoms with Crippen LogP contribution < -0.4 is 10.6 Å². The van der Waals surface area contributed by atoms with Gasteiger partial charge >= 0.3 is 0 Å². The highest BCUT2D eigenvalue weighted by molar-refractivity contribution is 7.80. The van der Waals surface area contributed by atoms with Gasteiger partial charge in [0.05, 0.1) is 6.61 Å². The molecule has 1 aliphatic rings. The van der Waals surface area contributed by atoms with Crippen LogP contribution in [0.15, 0.2) is 0 Å². The van der Waals surface area contributed by atoms with Crippen molar-refractivity contribution in [1.29, 1.82) is 0 Å². The molecular formula is C12H25N3OS. The number of nitrogens with zero attached hydrogens (tertiary/aromatic N) is 1. The molecule has 0 aromatic heterocycles. The third-order valence-electron chi connectivity index (χ3n) is 3.65. The Hall–Kier alpha value is -0.390. The number of likely N-dealkylation sites (N-methyl/N-ethyl adjacent to an activating group) is 1. The maximum Gasteiger partial charge on any atom is 0.166 e. The molecule has 0 aromatic rings. The SMILES string of the molecule is COCCNC(=S)NCC1(N(C)C)CCCC1. The number of rotatable bonds is 6. The van der Waals surface area contributed by atoms with Crippen LogP contribution in [0.5, 0.6) is 0 Å². The summed E-state index contributed by atoms with van der Waals surface area (Å²) < 4.78 is 4.97. The van der Waals surface area contributed by atoms with Gasteiger partial charge in [-0.3, -0.25) is 0 Å². The molecule has 0 atom stereocenters. The minimum atomic E-state index is 0.285. The molecule has 17 heavy (non-hydrogen) atoms. The number of hydrogen-bond donors (Lipinski definition) is 2. The minimum absolute atomic E-state index is 0.285. The molecule has 1 aliphatic carbocycles. The molecule has 0 aromatic carbocycles. The van der Waals surface area contributed by atoms with Crippen molar-refractivity contribution in [3.8, 4) is 0 Å². The van der Waals surface area contributed by atoms with Crippen molar-refractivity contribution >= 4 is 17.3 Å². The van der Waals surface area contributed by atoms with Crippen LogP contribution >= 0.6 is 12.2 Å². The number of ether oxygens (including phenoxy) is 1. The lowest BCUT2D eigenvalue weighted by atomic mass is 9.96. The number of methoxy groups -OCH3 is 1. The molecule has 0 aliphatic heterocycles. The summed E-state index contributed by atoms with van der Waals surface area (Å²) in [7, 11) is 6.01. The van der Waals surface area contributed by atoms with Crippen LogP contribution in [0.2, 0.25) is 0 Å². The topological polar surface area (TPSA) is 36.5 Å². The second kappa shape index (κ2) is 7.13. The highest BCUT2D eigenvalue weighted by atomic mass is 32.1. The van der Waals surface area contributed by atoms with Gasteiger partial charge in [0.2, 0.25) is 0 Å². The van der Waals surface area contributed by atoms with Crippen molar-refractivity contribution < 1.29 is 4.74 Å². The van der Waals surface area contributed by atoms with Gasteiger partial charge in [0.15, 0.2) is 5.11 Å². The van der Waals surface area contributed by atoms with Gasteiger partial charge in [-0.1, -0.05) is 12.8 Å². The number of thiocarbonyl (C=S) groups is 1. The molecule has 0 unspecified atom stereocenters. The molecule has 0 saturated heterocycles. The van der Waals surface area contributed by atoms with Gasteiger partial charge in [-0.15, -0.1) is 0 Å². The Kier molecular flexibility index (Phi) is 6.16. The van der Waals surface area contributed by atoms with E-state index in [0.717, 1.165) is 18.2 Å². The van der Waals surface area contributed by atoms with E-state index in [9.17, 15) is 0 Å². The average Bonchev–Trinajstić information content (AvgIpc) is 2.77. The summed E-state index contributed by atoms with van der Waals surface area (Å²) in [5, 5.41) is 7.20. The highest BCUT2D eigenvalue weighted by Crippen LogP contribution is 2.32. The Morgan fingerprint density at radius 3 is 2.47 bits per heavy atom. The van der Waals surface area contributed by atoms with Crippen LogP contribution in [0.1, 0.15) is 25.7 Å². The fourth-order valence-corrected chi connectivity index (χ4v) is 2.56. The molecule has 100 valence electrons. The summed E-state index contributed by atoms with van der Waals surface area (Å²) in [6.45, 7) is 2.37. The van der Waals surface area contributed by atoms with E-state index in [4.69, 9.17) is 17.0 Å². The van der Waals surface area contributed by atoms with Crippen molar-refractivity contribution in [2.45, 2.75) is 31.2 Å². The molecule has 0 spiro atoms. The zero-order chi connectivity index (χ0) is 12.7. The van der Waals surface area contributed by atoms with Crippen molar-refractivity contribution in [3.05, 3.63) is 0 Å². The monoisotopic (exact) mass is 259 g/mol. The van der Waals surface area contributed by atoms with E-state index in [0.29, 0.717) is 6.61 Å². The quantitative estimate of drug-likeness (QED) is 0.549. The van der Waals surface area contributed by atoms with Crippen LogP contribution in [-0.2, 0) is 4.74 Å². The lowest BCUT2D eigenvalue weighted by Gasteiger charge is -2.36. The zero-order valence-corrected chi connectivity index (χ0v) is 12.0. The first-order valence-corrected chi connectivity index (χ1v) is 6.70. The van der Waals surface area contributed by atoms with Gasteiger partial charge in [-0.2, -0.15) is 0 Å². The van der Waals surface area contributed by atoms with Gasteiger partial charge in [-0.25, -0.2) is 0 Å². The largest absolute Gasteiger partial charge is 0.383 e. The second-order valence-corrected chi connectivity index (χ2v) is 5.34. The summed E-state index contributed by atoms with van der Waals surface area (Å²) in [6.07, 6.45) is 5.16. The molecule has 0 amide bonds. The van der Waals surface area contributed by atoms with Crippen LogP contribution in [0.4, 0.5) is 0 Å². The summed E-state index contributed by atoms with van der Waals surface area (Å²) in [6, 6.07) is 0. The van der Waals surface area contributed by atoms with Gasteiger partial charge < -0.3 is 20.3 Å². The first kappa shape index (κ1) is 14.7. The Balaban J connectivity index is 2.30. The normalized spacial score (nSPS) is 18.4. The van der Waals surface area contributed by atoms with E-state index in [1.807, 2.05) is 0 Å². The molecule has 1 fully saturated rings. The third-order valence-corrected chi connectivity index (χ3v) is 3.94. The molecule has 5 heteroatoms. The summed E-state index contributed by atoms with van der Waals surface area (Å²) >= 11 is 5.24. The van der Waals surface area contributed by atoms with Crippen molar-refractivity contribution in [1.82, 2.24) is 15.5 Å². The van der Waals surface area contributed by atoms with E-state index in [2.05, 4.69) is 29.6 Å². The Morgan fingerprint density at radius 1 is 1.29 bits per heavy atom. The summed E-state index contributed by atoms with van der Waals surface area (Å²) in [5.74, 6) is 0. The molecule has 1 saturated carbocycles. The fraction of sp³-hybridized carbons (Fsp3) is 0.917. The maximum atomic E-state index is 5.24. The zero-order valence-electron chi connectivity index (χ0n) is 11.2. The minimum Gasteiger partial charge on any atom is -0.383 e. The van der Waals surface area contributed by atoms with Gasteiger partial charge in [0, 0.05) is 25.7 Å². The fourth-order valence-electron chi connectivity index (χ4n) is 2.39. The Morgan fingerprint density at radius 2 is 1.94 bits per heavy atom. The number of hydrogen-bond acceptors (Lipinski definition) is 3. The highest BCUT2D eigenvalue weighted by Gasteiger charge is 2.35. The molecule has 0 heterocycles. The average molecular weight is 259 g/mol. The second-order valence-electron chi connectivity index (χ2n) is 4.93. The molecule has 4 nitrogen and oxygen atoms in total. The van der Waals surface area contributed by atoms with Gasteiger partial charge in [0.1, 0.15) is 0 Å². The third kappa shape index (κ3) is 4.41. The molecule has 0 bridgehead atoms. The standard InChI is InChI=1S/C12H25N3OS/c1-15(2)12(6-4-5-7-12)10-14-11(17)13-8-9-16-3/h4-10H2,1-3H3,(H2,13,14,17).